The Labute approximate surface area is 151 Å². The molecule has 0 saturated carbocycles. The van der Waals surface area contributed by atoms with Crippen molar-refractivity contribution in [3.8, 4) is 23.0 Å². The van der Waals surface area contributed by atoms with Gasteiger partial charge in [0.05, 0.1) is 20.8 Å². The van der Waals surface area contributed by atoms with Crippen LogP contribution in [0.5, 0.6) is 23.0 Å². The maximum absolute atomic E-state index is 12.5. The molecule has 0 bridgehead atoms. The van der Waals surface area contributed by atoms with Gasteiger partial charge in [-0.15, -0.1) is 0 Å². The number of hydrogen-bond acceptors (Lipinski definition) is 5. The van der Waals surface area contributed by atoms with Crippen molar-refractivity contribution in [2.75, 3.05) is 20.8 Å². The Kier molecular flexibility index (Phi) is 7.47. The monoisotopic (exact) mass is 367 g/mol. The van der Waals surface area contributed by atoms with Crippen molar-refractivity contribution >= 4 is 0 Å². The van der Waals surface area contributed by atoms with Crippen LogP contribution >= 0.6 is 0 Å². The van der Waals surface area contributed by atoms with Gasteiger partial charge >= 0.3 is 6.61 Å². The molecule has 0 spiro atoms. The van der Waals surface area contributed by atoms with Crippen LogP contribution in [0.3, 0.4) is 0 Å². The summed E-state index contributed by atoms with van der Waals surface area (Å²) < 4.78 is 45.3. The standard InChI is InChI=1S/C19H23F2NO4/c1-4-25-18-9-13(5-7-17(18)26-19(20)21)11-22-12-14-10-15(23-2)6-8-16(14)24-3/h5-10,19,22H,4,11-12H2,1-3H3. The molecule has 2 aromatic rings. The largest absolute Gasteiger partial charge is 0.497 e. The van der Waals surface area contributed by atoms with Gasteiger partial charge in [0.2, 0.25) is 0 Å². The fourth-order valence-corrected chi connectivity index (χ4v) is 2.49. The molecule has 0 fully saturated rings. The van der Waals surface area contributed by atoms with Crippen LogP contribution < -0.4 is 24.3 Å². The normalized spacial score (nSPS) is 10.7. The first-order valence-corrected chi connectivity index (χ1v) is 8.19. The summed E-state index contributed by atoms with van der Waals surface area (Å²) >= 11 is 0. The highest BCUT2D eigenvalue weighted by Crippen LogP contribution is 2.30. The average molecular weight is 367 g/mol. The van der Waals surface area contributed by atoms with Gasteiger partial charge in [-0.3, -0.25) is 0 Å². The molecule has 5 nitrogen and oxygen atoms in total. The molecule has 0 atom stereocenters. The summed E-state index contributed by atoms with van der Waals surface area (Å²) in [6.45, 7) is 0.331. The van der Waals surface area contributed by atoms with Crippen LogP contribution in [0.2, 0.25) is 0 Å². The topological polar surface area (TPSA) is 49.0 Å². The fraction of sp³-hybridized carbons (Fsp3) is 0.368. The van der Waals surface area contributed by atoms with Gasteiger partial charge in [0.15, 0.2) is 11.5 Å². The highest BCUT2D eigenvalue weighted by atomic mass is 19.3. The molecular formula is C19H23F2NO4. The lowest BCUT2D eigenvalue weighted by atomic mass is 10.1. The lowest BCUT2D eigenvalue weighted by Gasteiger charge is -2.14. The number of ether oxygens (including phenoxy) is 4. The van der Waals surface area contributed by atoms with Crippen molar-refractivity contribution in [2.24, 2.45) is 0 Å². The zero-order valence-electron chi connectivity index (χ0n) is 15.1. The molecule has 2 rings (SSSR count). The first-order valence-electron chi connectivity index (χ1n) is 8.19. The molecule has 0 radical (unpaired) electrons. The Balaban J connectivity index is 2.04. The molecule has 142 valence electrons. The lowest BCUT2D eigenvalue weighted by Crippen LogP contribution is -2.14. The number of halogens is 2. The van der Waals surface area contributed by atoms with E-state index in [4.69, 9.17) is 14.2 Å². The number of methoxy groups -OCH3 is 2. The van der Waals surface area contributed by atoms with Crippen molar-refractivity contribution in [2.45, 2.75) is 26.6 Å². The molecule has 2 aromatic carbocycles. The van der Waals surface area contributed by atoms with Crippen LogP contribution in [0, 0.1) is 0 Å². The molecule has 0 saturated heterocycles. The predicted molar refractivity (Wildman–Crippen MR) is 94.3 cm³/mol. The summed E-state index contributed by atoms with van der Waals surface area (Å²) in [6, 6.07) is 10.5. The quantitative estimate of drug-likeness (QED) is 0.688. The highest BCUT2D eigenvalue weighted by Gasteiger charge is 2.12. The van der Waals surface area contributed by atoms with E-state index in [0.29, 0.717) is 25.4 Å². The number of benzene rings is 2. The first-order chi connectivity index (χ1) is 12.6. The summed E-state index contributed by atoms with van der Waals surface area (Å²) in [5, 5.41) is 3.29. The number of hydrogen-bond donors (Lipinski definition) is 1. The van der Waals surface area contributed by atoms with Gasteiger partial charge < -0.3 is 24.3 Å². The second-order valence-electron chi connectivity index (χ2n) is 5.37. The molecular weight excluding hydrogens is 344 g/mol. The molecule has 0 unspecified atom stereocenters. The van der Waals surface area contributed by atoms with Gasteiger partial charge in [0.1, 0.15) is 11.5 Å². The number of rotatable bonds is 10. The molecule has 26 heavy (non-hydrogen) atoms. The van der Waals surface area contributed by atoms with Crippen LogP contribution in [0.4, 0.5) is 8.78 Å². The molecule has 0 amide bonds. The zero-order valence-corrected chi connectivity index (χ0v) is 15.1. The Hall–Kier alpha value is -2.54. The van der Waals surface area contributed by atoms with E-state index in [0.717, 1.165) is 22.6 Å². The summed E-state index contributed by atoms with van der Waals surface area (Å²) in [5.41, 5.74) is 1.84. The fourth-order valence-electron chi connectivity index (χ4n) is 2.49. The molecule has 0 aliphatic carbocycles. The summed E-state index contributed by atoms with van der Waals surface area (Å²) in [5.74, 6) is 1.83. The summed E-state index contributed by atoms with van der Waals surface area (Å²) in [6.07, 6.45) is 0. The van der Waals surface area contributed by atoms with E-state index in [9.17, 15) is 8.78 Å². The van der Waals surface area contributed by atoms with E-state index in [-0.39, 0.29) is 5.75 Å². The van der Waals surface area contributed by atoms with E-state index < -0.39 is 6.61 Å². The van der Waals surface area contributed by atoms with Crippen molar-refractivity contribution in [3.05, 3.63) is 47.5 Å². The summed E-state index contributed by atoms with van der Waals surface area (Å²) in [4.78, 5) is 0. The van der Waals surface area contributed by atoms with Gasteiger partial charge in [-0.1, -0.05) is 6.07 Å². The first kappa shape index (κ1) is 19.8. The maximum Gasteiger partial charge on any atom is 0.387 e. The molecule has 7 heteroatoms. The van der Waals surface area contributed by atoms with Crippen molar-refractivity contribution in [1.82, 2.24) is 5.32 Å². The van der Waals surface area contributed by atoms with Crippen molar-refractivity contribution < 1.29 is 27.7 Å². The van der Waals surface area contributed by atoms with Crippen LogP contribution in [0.25, 0.3) is 0 Å². The average Bonchev–Trinajstić information content (AvgIpc) is 2.63. The van der Waals surface area contributed by atoms with Gasteiger partial charge in [0.25, 0.3) is 0 Å². The van der Waals surface area contributed by atoms with Crippen LogP contribution in [-0.2, 0) is 13.1 Å². The minimum absolute atomic E-state index is 0.0278. The van der Waals surface area contributed by atoms with Gasteiger partial charge in [-0.05, 0) is 42.8 Å². The predicted octanol–water partition coefficient (Wildman–Crippen LogP) is 3.99. The second-order valence-corrected chi connectivity index (χ2v) is 5.37. The minimum atomic E-state index is -2.89. The van der Waals surface area contributed by atoms with Gasteiger partial charge in [-0.25, -0.2) is 0 Å². The van der Waals surface area contributed by atoms with Crippen molar-refractivity contribution in [3.63, 3.8) is 0 Å². The zero-order chi connectivity index (χ0) is 18.9. The summed E-state index contributed by atoms with van der Waals surface area (Å²) in [7, 11) is 3.22. The molecule has 0 heterocycles. The minimum Gasteiger partial charge on any atom is -0.497 e. The van der Waals surface area contributed by atoms with E-state index >= 15 is 0 Å². The van der Waals surface area contributed by atoms with E-state index in [1.165, 1.54) is 6.07 Å². The maximum atomic E-state index is 12.5. The van der Waals surface area contributed by atoms with Crippen LogP contribution in [-0.4, -0.2) is 27.4 Å². The third kappa shape index (κ3) is 5.49. The highest BCUT2D eigenvalue weighted by molar-refractivity contribution is 5.43. The molecule has 0 aliphatic heterocycles. The van der Waals surface area contributed by atoms with Gasteiger partial charge in [-0.2, -0.15) is 8.78 Å². The van der Waals surface area contributed by atoms with E-state index in [1.54, 1.807) is 33.3 Å². The van der Waals surface area contributed by atoms with E-state index in [2.05, 4.69) is 10.1 Å². The molecule has 0 aliphatic rings. The lowest BCUT2D eigenvalue weighted by molar-refractivity contribution is -0.0514. The second kappa shape index (κ2) is 9.82. The van der Waals surface area contributed by atoms with E-state index in [1.807, 2.05) is 18.2 Å². The van der Waals surface area contributed by atoms with Crippen LogP contribution in [0.1, 0.15) is 18.1 Å². The Morgan fingerprint density at radius 1 is 0.923 bits per heavy atom. The van der Waals surface area contributed by atoms with Crippen LogP contribution in [0.15, 0.2) is 36.4 Å². The SMILES string of the molecule is CCOc1cc(CNCc2cc(OC)ccc2OC)ccc1OC(F)F. The third-order valence-electron chi connectivity index (χ3n) is 3.66. The smallest absolute Gasteiger partial charge is 0.387 e. The molecule has 1 N–H and O–H groups in total. The third-order valence-corrected chi connectivity index (χ3v) is 3.66. The Bertz CT molecular complexity index is 710. The van der Waals surface area contributed by atoms with Gasteiger partial charge in [0, 0.05) is 18.7 Å². The number of nitrogens with one attached hydrogen (secondary N) is 1. The number of alkyl halides is 2. The Morgan fingerprint density at radius 3 is 2.35 bits per heavy atom. The molecule has 0 aromatic heterocycles. The van der Waals surface area contributed by atoms with Crippen molar-refractivity contribution in [1.29, 1.82) is 0 Å². The Morgan fingerprint density at radius 2 is 1.69 bits per heavy atom.